The summed E-state index contributed by atoms with van der Waals surface area (Å²) in [6, 6.07) is 6.90. The molecule has 2 rings (SSSR count). The molecule has 4 nitrogen and oxygen atoms in total. The lowest BCUT2D eigenvalue weighted by atomic mass is 10.1. The van der Waals surface area contributed by atoms with Gasteiger partial charge in [-0.2, -0.15) is 0 Å². The van der Waals surface area contributed by atoms with Crippen molar-refractivity contribution in [2.75, 3.05) is 6.54 Å². The molecular formula is C16H22ClNO3. The van der Waals surface area contributed by atoms with Crippen molar-refractivity contribution in [2.45, 2.75) is 44.8 Å². The van der Waals surface area contributed by atoms with Crippen molar-refractivity contribution in [3.8, 4) is 5.75 Å². The summed E-state index contributed by atoms with van der Waals surface area (Å²) >= 11 is 5.82. The van der Waals surface area contributed by atoms with Gasteiger partial charge in [0.1, 0.15) is 5.75 Å². The van der Waals surface area contributed by atoms with Crippen LogP contribution in [0, 0.1) is 5.92 Å². The van der Waals surface area contributed by atoms with Gasteiger partial charge in [-0.05, 0) is 63.3 Å². The summed E-state index contributed by atoms with van der Waals surface area (Å²) in [6.45, 7) is 3.90. The summed E-state index contributed by atoms with van der Waals surface area (Å²) in [6.07, 6.45) is 2.49. The van der Waals surface area contributed by atoms with Gasteiger partial charge in [0.05, 0.1) is 6.10 Å². The number of benzene rings is 1. The third-order valence-corrected chi connectivity index (χ3v) is 3.88. The molecule has 1 amide bonds. The Hall–Kier alpha value is -1.26. The topological polar surface area (TPSA) is 58.6 Å². The highest BCUT2D eigenvalue weighted by Crippen LogP contribution is 2.33. The summed E-state index contributed by atoms with van der Waals surface area (Å²) in [5.41, 5.74) is -0.974. The third kappa shape index (κ3) is 4.90. The summed E-state index contributed by atoms with van der Waals surface area (Å²) in [7, 11) is 0. The number of nitrogens with one attached hydrogen (secondary N) is 1. The number of ether oxygens (including phenoxy) is 1. The number of amides is 1. The van der Waals surface area contributed by atoms with Crippen LogP contribution in [0.15, 0.2) is 24.3 Å². The molecule has 1 aliphatic carbocycles. The molecule has 1 fully saturated rings. The van der Waals surface area contributed by atoms with Gasteiger partial charge in [0.25, 0.3) is 5.91 Å². The minimum Gasteiger partial charge on any atom is -0.478 e. The maximum Gasteiger partial charge on any atom is 0.263 e. The lowest BCUT2D eigenvalue weighted by Gasteiger charge is -2.25. The first-order valence-corrected chi connectivity index (χ1v) is 7.67. The van der Waals surface area contributed by atoms with E-state index in [4.69, 9.17) is 16.3 Å². The van der Waals surface area contributed by atoms with Crippen LogP contribution in [0.25, 0.3) is 0 Å². The highest BCUT2D eigenvalue weighted by atomic mass is 35.5. The average Bonchev–Trinajstić information content (AvgIpc) is 3.25. The van der Waals surface area contributed by atoms with Gasteiger partial charge in [-0.15, -0.1) is 0 Å². The lowest BCUT2D eigenvalue weighted by Crippen LogP contribution is -2.47. The van der Waals surface area contributed by atoms with Gasteiger partial charge in [0.15, 0.2) is 5.60 Å². The fourth-order valence-electron chi connectivity index (χ4n) is 2.11. The molecule has 1 aliphatic rings. The van der Waals surface area contributed by atoms with E-state index >= 15 is 0 Å². The summed E-state index contributed by atoms with van der Waals surface area (Å²) in [4.78, 5) is 12.2. The van der Waals surface area contributed by atoms with Crippen LogP contribution in [0.5, 0.6) is 5.75 Å². The number of carbonyl (C=O) groups excluding carboxylic acids is 1. The van der Waals surface area contributed by atoms with Crippen LogP contribution < -0.4 is 10.1 Å². The van der Waals surface area contributed by atoms with Gasteiger partial charge in [0.2, 0.25) is 0 Å². The third-order valence-electron chi connectivity index (χ3n) is 3.63. The van der Waals surface area contributed by atoms with E-state index in [0.717, 1.165) is 12.8 Å². The Morgan fingerprint density at radius 1 is 1.43 bits per heavy atom. The SMILES string of the molecule is CC(C)(Oc1ccc(Cl)cc1)C(=O)NCC[C@@H](O)C1CC1. The molecule has 0 saturated heterocycles. The molecule has 1 aromatic carbocycles. The van der Waals surface area contributed by atoms with Crippen LogP contribution in [0.2, 0.25) is 5.02 Å². The van der Waals surface area contributed by atoms with Crippen molar-refractivity contribution >= 4 is 17.5 Å². The van der Waals surface area contributed by atoms with Crippen LogP contribution in [0.1, 0.15) is 33.1 Å². The Bertz CT molecular complexity index is 483. The molecule has 0 heterocycles. The zero-order chi connectivity index (χ0) is 15.5. The van der Waals surface area contributed by atoms with Crippen molar-refractivity contribution < 1.29 is 14.6 Å². The van der Waals surface area contributed by atoms with Crippen LogP contribution in [-0.4, -0.2) is 29.3 Å². The Kier molecular flexibility index (Phi) is 5.12. The van der Waals surface area contributed by atoms with E-state index in [1.807, 2.05) is 0 Å². The van der Waals surface area contributed by atoms with Gasteiger partial charge in [-0.3, -0.25) is 4.79 Å². The van der Waals surface area contributed by atoms with E-state index in [9.17, 15) is 9.90 Å². The zero-order valence-electron chi connectivity index (χ0n) is 12.4. The smallest absolute Gasteiger partial charge is 0.263 e. The van der Waals surface area contributed by atoms with Crippen molar-refractivity contribution in [3.05, 3.63) is 29.3 Å². The lowest BCUT2D eigenvalue weighted by molar-refractivity contribution is -0.134. The second-order valence-electron chi connectivity index (χ2n) is 6.02. The van der Waals surface area contributed by atoms with Crippen LogP contribution in [0.3, 0.4) is 0 Å². The summed E-state index contributed by atoms with van der Waals surface area (Å²) in [5.74, 6) is 0.832. The molecule has 1 atom stereocenters. The molecule has 0 aromatic heterocycles. The Labute approximate surface area is 130 Å². The number of halogens is 1. The number of carbonyl (C=O) groups is 1. The van der Waals surface area contributed by atoms with E-state index in [-0.39, 0.29) is 12.0 Å². The largest absolute Gasteiger partial charge is 0.478 e. The summed E-state index contributed by atoms with van der Waals surface area (Å²) < 4.78 is 5.70. The predicted molar refractivity (Wildman–Crippen MR) is 82.5 cm³/mol. The first-order valence-electron chi connectivity index (χ1n) is 7.29. The van der Waals surface area contributed by atoms with Crippen molar-refractivity contribution in [1.82, 2.24) is 5.32 Å². The minimum atomic E-state index is -0.974. The molecule has 1 aromatic rings. The molecule has 1 saturated carbocycles. The highest BCUT2D eigenvalue weighted by molar-refractivity contribution is 6.30. The Morgan fingerprint density at radius 2 is 2.05 bits per heavy atom. The number of aliphatic hydroxyl groups excluding tert-OH is 1. The van der Waals surface area contributed by atoms with Gasteiger partial charge in [0, 0.05) is 11.6 Å². The number of aliphatic hydroxyl groups is 1. The quantitative estimate of drug-likeness (QED) is 0.814. The van der Waals surface area contributed by atoms with E-state index in [2.05, 4.69) is 5.32 Å². The number of hydrogen-bond acceptors (Lipinski definition) is 3. The van der Waals surface area contributed by atoms with Crippen LogP contribution in [0.4, 0.5) is 0 Å². The van der Waals surface area contributed by atoms with Gasteiger partial charge in [-0.1, -0.05) is 11.6 Å². The molecule has 0 spiro atoms. The zero-order valence-corrected chi connectivity index (χ0v) is 13.2. The number of hydrogen-bond donors (Lipinski definition) is 2. The van der Waals surface area contributed by atoms with E-state index in [1.54, 1.807) is 38.1 Å². The molecule has 0 aliphatic heterocycles. The van der Waals surface area contributed by atoms with E-state index < -0.39 is 5.60 Å². The first kappa shape index (κ1) is 16.1. The van der Waals surface area contributed by atoms with E-state index in [0.29, 0.717) is 29.7 Å². The molecule has 2 N–H and O–H groups in total. The average molecular weight is 312 g/mol. The maximum atomic E-state index is 12.2. The molecular weight excluding hydrogens is 290 g/mol. The fourth-order valence-corrected chi connectivity index (χ4v) is 2.23. The van der Waals surface area contributed by atoms with Crippen LogP contribution >= 0.6 is 11.6 Å². The Morgan fingerprint density at radius 3 is 2.62 bits per heavy atom. The van der Waals surface area contributed by atoms with Crippen molar-refractivity contribution in [1.29, 1.82) is 0 Å². The second-order valence-corrected chi connectivity index (χ2v) is 6.45. The molecule has 0 bridgehead atoms. The Balaban J connectivity index is 1.79. The fraction of sp³-hybridized carbons (Fsp3) is 0.562. The molecule has 5 heteroatoms. The van der Waals surface area contributed by atoms with Crippen molar-refractivity contribution in [3.63, 3.8) is 0 Å². The number of rotatable bonds is 7. The molecule has 0 unspecified atom stereocenters. The maximum absolute atomic E-state index is 12.2. The minimum absolute atomic E-state index is 0.194. The normalized spacial score (nSPS) is 16.4. The van der Waals surface area contributed by atoms with Gasteiger partial charge in [-0.25, -0.2) is 0 Å². The van der Waals surface area contributed by atoms with Crippen molar-refractivity contribution in [2.24, 2.45) is 5.92 Å². The molecule has 116 valence electrons. The first-order chi connectivity index (χ1) is 9.88. The molecule has 21 heavy (non-hydrogen) atoms. The predicted octanol–water partition coefficient (Wildman–Crippen LogP) is 2.77. The van der Waals surface area contributed by atoms with Gasteiger partial charge >= 0.3 is 0 Å². The van der Waals surface area contributed by atoms with Crippen LogP contribution in [-0.2, 0) is 4.79 Å². The second kappa shape index (κ2) is 6.67. The van der Waals surface area contributed by atoms with Gasteiger partial charge < -0.3 is 15.2 Å². The highest BCUT2D eigenvalue weighted by Gasteiger charge is 2.31. The summed E-state index contributed by atoms with van der Waals surface area (Å²) in [5, 5.41) is 13.2. The van der Waals surface area contributed by atoms with E-state index in [1.165, 1.54) is 0 Å². The molecule has 0 radical (unpaired) electrons. The standard InChI is InChI=1S/C16H22ClNO3/c1-16(2,21-13-7-5-12(17)6-8-13)15(20)18-10-9-14(19)11-3-4-11/h5-8,11,14,19H,3-4,9-10H2,1-2H3,(H,18,20)/t14-/m1/s1. The monoisotopic (exact) mass is 311 g/mol.